The number of rotatable bonds is 7. The van der Waals surface area contributed by atoms with Gasteiger partial charge in [0.1, 0.15) is 0 Å². The van der Waals surface area contributed by atoms with Gasteiger partial charge in [0, 0.05) is 38.9 Å². The Balaban J connectivity index is 2.36. The highest BCUT2D eigenvalue weighted by Gasteiger charge is 2.46. The second-order valence-corrected chi connectivity index (χ2v) is 5.26. The number of hydrogen-bond acceptors (Lipinski definition) is 3. The maximum absolute atomic E-state index is 13.8. The third-order valence-electron chi connectivity index (χ3n) is 3.85. The number of hydrogen-bond donors (Lipinski definition) is 1. The fraction of sp³-hybridized carbons (Fsp3) is 0.786. The molecule has 0 aromatic rings. The number of carbonyl (C=O) groups excluding carboxylic acids is 2. The molecule has 2 amide bonds. The first kappa shape index (κ1) is 17.4. The number of alkyl halides is 1. The maximum Gasteiger partial charge on any atom is 0.343 e. The summed E-state index contributed by atoms with van der Waals surface area (Å²) in [5.41, 5.74) is -2.33. The first-order valence-electron chi connectivity index (χ1n) is 7.32. The van der Waals surface area contributed by atoms with Crippen LogP contribution in [0.15, 0.2) is 0 Å². The molecule has 0 spiro atoms. The van der Waals surface area contributed by atoms with E-state index in [1.165, 1.54) is 4.90 Å². The van der Waals surface area contributed by atoms with Crippen molar-refractivity contribution in [3.63, 3.8) is 0 Å². The number of aliphatic carboxylic acids is 1. The lowest BCUT2D eigenvalue weighted by Gasteiger charge is -2.19. The summed E-state index contributed by atoms with van der Waals surface area (Å²) >= 11 is 0. The van der Waals surface area contributed by atoms with Crippen molar-refractivity contribution in [3.8, 4) is 0 Å². The van der Waals surface area contributed by atoms with Gasteiger partial charge in [-0.25, -0.2) is 9.18 Å². The molecule has 1 fully saturated rings. The Morgan fingerprint density at radius 2 is 1.86 bits per heavy atom. The minimum atomic E-state index is -2.33. The number of amides is 2. The van der Waals surface area contributed by atoms with Gasteiger partial charge in [0.25, 0.3) is 0 Å². The van der Waals surface area contributed by atoms with E-state index >= 15 is 0 Å². The predicted octanol–water partition coefficient (Wildman–Crippen LogP) is 1.05. The summed E-state index contributed by atoms with van der Waals surface area (Å²) in [6.07, 6.45) is 0.646. The molecule has 1 atom stereocenters. The van der Waals surface area contributed by atoms with E-state index < -0.39 is 18.2 Å². The second kappa shape index (κ2) is 7.38. The van der Waals surface area contributed by atoms with Crippen LogP contribution in [-0.2, 0) is 14.4 Å². The van der Waals surface area contributed by atoms with Gasteiger partial charge in [0.05, 0.1) is 6.54 Å². The van der Waals surface area contributed by atoms with Crippen molar-refractivity contribution in [2.75, 3.05) is 26.2 Å². The molecule has 0 aromatic carbocycles. The summed E-state index contributed by atoms with van der Waals surface area (Å²) in [6.45, 7) is 4.78. The summed E-state index contributed by atoms with van der Waals surface area (Å²) < 4.78 is 13.8. The third-order valence-corrected chi connectivity index (χ3v) is 3.85. The van der Waals surface area contributed by atoms with Crippen LogP contribution in [0.1, 0.15) is 39.5 Å². The minimum Gasteiger partial charge on any atom is -0.479 e. The lowest BCUT2D eigenvalue weighted by molar-refractivity contribution is -0.150. The molecule has 0 radical (unpaired) electrons. The smallest absolute Gasteiger partial charge is 0.343 e. The molecule has 0 aliphatic carbocycles. The largest absolute Gasteiger partial charge is 0.479 e. The Kier molecular flexibility index (Phi) is 6.11. The highest BCUT2D eigenvalue weighted by Crippen LogP contribution is 2.26. The Bertz CT molecular complexity index is 412. The van der Waals surface area contributed by atoms with Gasteiger partial charge >= 0.3 is 5.97 Å². The van der Waals surface area contributed by atoms with Crippen LogP contribution >= 0.6 is 0 Å². The molecule has 1 aliphatic rings. The van der Waals surface area contributed by atoms with Crippen LogP contribution in [0.2, 0.25) is 0 Å². The van der Waals surface area contributed by atoms with E-state index in [9.17, 15) is 18.8 Å². The normalized spacial score (nSPS) is 21.4. The van der Waals surface area contributed by atoms with E-state index in [4.69, 9.17) is 5.11 Å². The number of halogens is 1. The Labute approximate surface area is 123 Å². The van der Waals surface area contributed by atoms with Crippen molar-refractivity contribution in [1.29, 1.82) is 0 Å². The van der Waals surface area contributed by atoms with Crippen LogP contribution in [0.25, 0.3) is 0 Å². The van der Waals surface area contributed by atoms with Crippen LogP contribution in [0.3, 0.4) is 0 Å². The van der Waals surface area contributed by atoms with E-state index in [0.717, 1.165) is 0 Å². The topological polar surface area (TPSA) is 77.9 Å². The summed E-state index contributed by atoms with van der Waals surface area (Å²) in [5, 5.41) is 8.77. The molecule has 1 heterocycles. The number of likely N-dealkylation sites (tertiary alicyclic amines) is 1. The standard InChI is InChI=1S/C14H23FN2O4/c1-3-16(4-2)11(18)6-5-7-12(19)17-9-8-14(15,10-17)13(20)21/h3-10H2,1-2H3,(H,20,21). The molecule has 1 N–H and O–H groups in total. The monoisotopic (exact) mass is 302 g/mol. The van der Waals surface area contributed by atoms with Crippen molar-refractivity contribution in [1.82, 2.24) is 9.80 Å². The van der Waals surface area contributed by atoms with Crippen molar-refractivity contribution >= 4 is 17.8 Å². The molecule has 7 heteroatoms. The summed E-state index contributed by atoms with van der Waals surface area (Å²) in [5.74, 6) is -1.81. The van der Waals surface area contributed by atoms with Gasteiger partial charge < -0.3 is 14.9 Å². The molecule has 21 heavy (non-hydrogen) atoms. The van der Waals surface area contributed by atoms with Crippen LogP contribution < -0.4 is 0 Å². The van der Waals surface area contributed by atoms with Crippen molar-refractivity contribution in [2.45, 2.75) is 45.2 Å². The highest BCUT2D eigenvalue weighted by molar-refractivity contribution is 5.82. The van der Waals surface area contributed by atoms with Gasteiger partial charge in [-0.1, -0.05) is 0 Å². The number of carboxylic acids is 1. The molecule has 1 aliphatic heterocycles. The molecule has 1 saturated heterocycles. The average Bonchev–Trinajstić information content (AvgIpc) is 2.84. The van der Waals surface area contributed by atoms with E-state index in [1.807, 2.05) is 13.8 Å². The fourth-order valence-corrected chi connectivity index (χ4v) is 2.44. The zero-order valence-electron chi connectivity index (χ0n) is 12.6. The van der Waals surface area contributed by atoms with Crippen LogP contribution in [0.5, 0.6) is 0 Å². The van der Waals surface area contributed by atoms with Gasteiger partial charge in [0.15, 0.2) is 0 Å². The molecule has 1 rings (SSSR count). The Hall–Kier alpha value is -1.66. The van der Waals surface area contributed by atoms with Crippen LogP contribution in [-0.4, -0.2) is 64.5 Å². The lowest BCUT2D eigenvalue weighted by atomic mass is 10.1. The van der Waals surface area contributed by atoms with Gasteiger partial charge in [-0.15, -0.1) is 0 Å². The van der Waals surface area contributed by atoms with Gasteiger partial charge in [-0.3, -0.25) is 9.59 Å². The first-order chi connectivity index (χ1) is 9.84. The van der Waals surface area contributed by atoms with Crippen molar-refractivity contribution in [2.24, 2.45) is 0 Å². The summed E-state index contributed by atoms with van der Waals surface area (Å²) in [6, 6.07) is 0. The minimum absolute atomic E-state index is 0.000374. The Morgan fingerprint density at radius 1 is 1.24 bits per heavy atom. The maximum atomic E-state index is 13.8. The quantitative estimate of drug-likeness (QED) is 0.762. The molecule has 120 valence electrons. The number of carbonyl (C=O) groups is 3. The van der Waals surface area contributed by atoms with Gasteiger partial charge in [0.2, 0.25) is 17.5 Å². The molecule has 0 bridgehead atoms. The highest BCUT2D eigenvalue weighted by atomic mass is 19.1. The molecule has 0 aromatic heterocycles. The predicted molar refractivity (Wildman–Crippen MR) is 74.5 cm³/mol. The number of nitrogens with zero attached hydrogens (tertiary/aromatic N) is 2. The molecular weight excluding hydrogens is 279 g/mol. The molecule has 6 nitrogen and oxygen atoms in total. The SMILES string of the molecule is CCN(CC)C(=O)CCCC(=O)N1CCC(F)(C(=O)O)C1. The molecule has 1 unspecified atom stereocenters. The van der Waals surface area contributed by atoms with Gasteiger partial charge in [-0.2, -0.15) is 0 Å². The van der Waals surface area contributed by atoms with E-state index in [1.54, 1.807) is 4.90 Å². The third kappa shape index (κ3) is 4.41. The number of carboxylic acid groups (broad SMARTS) is 1. The van der Waals surface area contributed by atoms with E-state index in [2.05, 4.69) is 0 Å². The average molecular weight is 302 g/mol. The van der Waals surface area contributed by atoms with Crippen molar-refractivity contribution in [3.05, 3.63) is 0 Å². The van der Waals surface area contributed by atoms with Gasteiger partial charge in [-0.05, 0) is 20.3 Å². The summed E-state index contributed by atoms with van der Waals surface area (Å²) in [4.78, 5) is 37.3. The fourth-order valence-electron chi connectivity index (χ4n) is 2.44. The second-order valence-electron chi connectivity index (χ2n) is 5.26. The van der Waals surface area contributed by atoms with Crippen LogP contribution in [0.4, 0.5) is 4.39 Å². The Morgan fingerprint density at radius 3 is 2.33 bits per heavy atom. The molecular formula is C14H23FN2O4. The van der Waals surface area contributed by atoms with E-state index in [-0.39, 0.29) is 37.6 Å². The zero-order chi connectivity index (χ0) is 16.0. The first-order valence-corrected chi connectivity index (χ1v) is 7.32. The zero-order valence-corrected chi connectivity index (χ0v) is 12.6. The van der Waals surface area contributed by atoms with Crippen LogP contribution in [0, 0.1) is 0 Å². The summed E-state index contributed by atoms with van der Waals surface area (Å²) in [7, 11) is 0. The molecule has 0 saturated carbocycles. The van der Waals surface area contributed by atoms with E-state index in [0.29, 0.717) is 19.5 Å². The van der Waals surface area contributed by atoms with Crippen molar-refractivity contribution < 1.29 is 23.9 Å². The lowest BCUT2D eigenvalue weighted by Crippen LogP contribution is -2.39.